The van der Waals surface area contributed by atoms with Crippen LogP contribution in [0.3, 0.4) is 0 Å². The molecule has 0 bridgehead atoms. The van der Waals surface area contributed by atoms with Crippen LogP contribution in [0.1, 0.15) is 5.56 Å². The molecule has 0 saturated heterocycles. The molecule has 3 rings (SSSR count). The molecule has 2 aromatic rings. The molecule has 1 N–H and O–H groups in total. The summed E-state index contributed by atoms with van der Waals surface area (Å²) in [5.41, 5.74) is 4.26. The molecule has 25 heavy (non-hydrogen) atoms. The molecule has 6 nitrogen and oxygen atoms in total. The Morgan fingerprint density at radius 3 is 2.52 bits per heavy atom. The van der Waals surface area contributed by atoms with Gasteiger partial charge in [-0.2, -0.15) is 4.31 Å². The van der Waals surface area contributed by atoms with Crippen molar-refractivity contribution in [1.29, 1.82) is 0 Å². The van der Waals surface area contributed by atoms with E-state index >= 15 is 0 Å². The number of nitrogens with zero attached hydrogens (tertiary/aromatic N) is 2. The fourth-order valence-electron chi connectivity index (χ4n) is 2.85. The molecular formula is C18H21N3O3S. The number of para-hydroxylation sites is 1. The van der Waals surface area contributed by atoms with E-state index in [0.29, 0.717) is 5.69 Å². The van der Waals surface area contributed by atoms with Gasteiger partial charge in [-0.25, -0.2) is 8.42 Å². The predicted molar refractivity (Wildman–Crippen MR) is 99.7 cm³/mol. The maximum atomic E-state index is 11.9. The van der Waals surface area contributed by atoms with Gasteiger partial charge < -0.3 is 10.2 Å². The van der Waals surface area contributed by atoms with Gasteiger partial charge >= 0.3 is 0 Å². The number of rotatable bonds is 5. The van der Waals surface area contributed by atoms with Crippen LogP contribution in [0.2, 0.25) is 0 Å². The highest BCUT2D eigenvalue weighted by Crippen LogP contribution is 2.34. The number of likely N-dealkylation sites (N-methyl/N-ethyl adjacent to an activating group) is 1. The number of hydrogen-bond donors (Lipinski definition) is 1. The Morgan fingerprint density at radius 1 is 1.16 bits per heavy atom. The predicted octanol–water partition coefficient (Wildman–Crippen LogP) is 2.21. The van der Waals surface area contributed by atoms with Crippen molar-refractivity contribution in [3.8, 4) is 0 Å². The summed E-state index contributed by atoms with van der Waals surface area (Å²) in [6, 6.07) is 15.9. The second-order valence-electron chi connectivity index (χ2n) is 6.14. The van der Waals surface area contributed by atoms with E-state index in [1.807, 2.05) is 30.3 Å². The standard InChI is InChI=1S/C18H21N3O3S/c1-20(25(2,23)24)13-18(22)19-15-7-9-16(10-8-15)21-12-11-14-5-3-4-6-17(14)21/h3-10H,11-13H2,1-2H3,(H,19,22). The SMILES string of the molecule is CN(CC(=O)Nc1ccc(N2CCc3ccccc32)cc1)S(C)(=O)=O. The van der Waals surface area contributed by atoms with Gasteiger partial charge in [-0.3, -0.25) is 4.79 Å². The number of hydrogen-bond acceptors (Lipinski definition) is 4. The van der Waals surface area contributed by atoms with E-state index < -0.39 is 10.0 Å². The van der Waals surface area contributed by atoms with E-state index in [4.69, 9.17) is 0 Å². The van der Waals surface area contributed by atoms with E-state index in [1.54, 1.807) is 0 Å². The van der Waals surface area contributed by atoms with Crippen LogP contribution in [-0.4, -0.2) is 45.0 Å². The second kappa shape index (κ2) is 6.85. The molecule has 1 amide bonds. The highest BCUT2D eigenvalue weighted by atomic mass is 32.2. The maximum Gasteiger partial charge on any atom is 0.239 e. The van der Waals surface area contributed by atoms with Crippen molar-refractivity contribution in [3.05, 3.63) is 54.1 Å². The Hall–Kier alpha value is -2.38. The van der Waals surface area contributed by atoms with Crippen molar-refractivity contribution in [2.24, 2.45) is 0 Å². The summed E-state index contributed by atoms with van der Waals surface area (Å²) < 4.78 is 23.7. The molecule has 0 aliphatic carbocycles. The Bertz CT molecular complexity index is 879. The molecule has 1 heterocycles. The zero-order valence-electron chi connectivity index (χ0n) is 14.3. The molecule has 7 heteroatoms. The lowest BCUT2D eigenvalue weighted by Gasteiger charge is -2.20. The van der Waals surface area contributed by atoms with Gasteiger partial charge in [0.2, 0.25) is 15.9 Å². The summed E-state index contributed by atoms with van der Waals surface area (Å²) in [6.45, 7) is 0.726. The number of nitrogens with one attached hydrogen (secondary N) is 1. The van der Waals surface area contributed by atoms with Crippen molar-refractivity contribution in [1.82, 2.24) is 4.31 Å². The quantitative estimate of drug-likeness (QED) is 0.889. The first-order chi connectivity index (χ1) is 11.8. The van der Waals surface area contributed by atoms with E-state index in [1.165, 1.54) is 18.3 Å². The number of anilines is 3. The summed E-state index contributed by atoms with van der Waals surface area (Å²) in [5, 5.41) is 2.72. The Labute approximate surface area is 148 Å². The smallest absolute Gasteiger partial charge is 0.239 e. The summed E-state index contributed by atoms with van der Waals surface area (Å²) in [6.07, 6.45) is 2.09. The molecule has 2 aromatic carbocycles. The average molecular weight is 359 g/mol. The molecule has 0 radical (unpaired) electrons. The van der Waals surface area contributed by atoms with Crippen molar-refractivity contribution < 1.29 is 13.2 Å². The van der Waals surface area contributed by atoms with E-state index in [0.717, 1.165) is 29.2 Å². The van der Waals surface area contributed by atoms with Gasteiger partial charge in [0.05, 0.1) is 12.8 Å². The first kappa shape index (κ1) is 17.4. The summed E-state index contributed by atoms with van der Waals surface area (Å²) in [4.78, 5) is 14.2. The minimum Gasteiger partial charge on any atom is -0.341 e. The number of amides is 1. The van der Waals surface area contributed by atoms with Gasteiger partial charge in [0, 0.05) is 30.7 Å². The molecule has 1 aliphatic heterocycles. The van der Waals surface area contributed by atoms with Gasteiger partial charge in [0.25, 0.3) is 0 Å². The largest absolute Gasteiger partial charge is 0.341 e. The molecule has 132 valence electrons. The summed E-state index contributed by atoms with van der Waals surface area (Å²) >= 11 is 0. The second-order valence-corrected chi connectivity index (χ2v) is 8.23. The third kappa shape index (κ3) is 4.00. The maximum absolute atomic E-state index is 11.9. The lowest BCUT2D eigenvalue weighted by atomic mass is 10.2. The number of carbonyl (C=O) groups excluding carboxylic acids is 1. The van der Waals surface area contributed by atoms with E-state index in [2.05, 4.69) is 28.4 Å². The third-order valence-corrected chi connectivity index (χ3v) is 5.54. The normalized spacial score (nSPS) is 13.8. The van der Waals surface area contributed by atoms with Crippen LogP contribution in [0.25, 0.3) is 0 Å². The summed E-state index contributed by atoms with van der Waals surface area (Å²) in [5.74, 6) is -0.368. The number of carbonyl (C=O) groups is 1. The average Bonchev–Trinajstić information content (AvgIpc) is 2.98. The third-order valence-electron chi connectivity index (χ3n) is 4.28. The summed E-state index contributed by atoms with van der Waals surface area (Å²) in [7, 11) is -1.99. The molecule has 0 saturated carbocycles. The number of benzene rings is 2. The van der Waals surface area contributed by atoms with Crippen molar-refractivity contribution in [3.63, 3.8) is 0 Å². The van der Waals surface area contributed by atoms with Crippen LogP contribution in [0.15, 0.2) is 48.5 Å². The minimum atomic E-state index is -3.37. The number of sulfonamides is 1. The first-order valence-corrected chi connectivity index (χ1v) is 9.86. The molecule has 0 fully saturated rings. The zero-order valence-corrected chi connectivity index (χ0v) is 15.1. The van der Waals surface area contributed by atoms with Crippen LogP contribution in [0.5, 0.6) is 0 Å². The molecule has 0 aromatic heterocycles. The van der Waals surface area contributed by atoms with Gasteiger partial charge in [0.15, 0.2) is 0 Å². The molecule has 0 spiro atoms. The van der Waals surface area contributed by atoms with Crippen molar-refractivity contribution >= 4 is 33.0 Å². The molecule has 1 aliphatic rings. The lowest BCUT2D eigenvalue weighted by Crippen LogP contribution is -2.34. The molecule has 0 unspecified atom stereocenters. The van der Waals surface area contributed by atoms with Crippen LogP contribution >= 0.6 is 0 Å². The monoisotopic (exact) mass is 359 g/mol. The Morgan fingerprint density at radius 2 is 1.84 bits per heavy atom. The highest BCUT2D eigenvalue weighted by Gasteiger charge is 2.20. The molecular weight excluding hydrogens is 338 g/mol. The lowest BCUT2D eigenvalue weighted by molar-refractivity contribution is -0.116. The van der Waals surface area contributed by atoms with Gasteiger partial charge in [-0.1, -0.05) is 18.2 Å². The first-order valence-electron chi connectivity index (χ1n) is 8.01. The number of fused-ring (bicyclic) bond motifs is 1. The van der Waals surface area contributed by atoms with Crippen LogP contribution in [0.4, 0.5) is 17.1 Å². The zero-order chi connectivity index (χ0) is 18.0. The Balaban J connectivity index is 1.66. The Kier molecular flexibility index (Phi) is 4.78. The minimum absolute atomic E-state index is 0.208. The highest BCUT2D eigenvalue weighted by molar-refractivity contribution is 7.88. The van der Waals surface area contributed by atoms with Gasteiger partial charge in [-0.05, 0) is 42.3 Å². The fourth-order valence-corrected chi connectivity index (χ4v) is 3.20. The van der Waals surface area contributed by atoms with E-state index in [-0.39, 0.29) is 12.5 Å². The van der Waals surface area contributed by atoms with Crippen LogP contribution < -0.4 is 10.2 Å². The van der Waals surface area contributed by atoms with Crippen molar-refractivity contribution in [2.45, 2.75) is 6.42 Å². The van der Waals surface area contributed by atoms with Crippen LogP contribution in [-0.2, 0) is 21.2 Å². The fraction of sp³-hybridized carbons (Fsp3) is 0.278. The van der Waals surface area contributed by atoms with E-state index in [9.17, 15) is 13.2 Å². The van der Waals surface area contributed by atoms with Gasteiger partial charge in [-0.15, -0.1) is 0 Å². The topological polar surface area (TPSA) is 69.7 Å². The molecule has 0 atom stereocenters. The van der Waals surface area contributed by atoms with Crippen molar-refractivity contribution in [2.75, 3.05) is 36.6 Å². The van der Waals surface area contributed by atoms with Crippen LogP contribution in [0, 0.1) is 0 Å². The van der Waals surface area contributed by atoms with Gasteiger partial charge in [0.1, 0.15) is 0 Å².